The van der Waals surface area contributed by atoms with Gasteiger partial charge in [0.05, 0.1) is 5.69 Å². The van der Waals surface area contributed by atoms with Gasteiger partial charge >= 0.3 is 5.97 Å². The molecule has 0 unspecified atom stereocenters. The molecule has 0 saturated heterocycles. The second kappa shape index (κ2) is 10.9. The van der Waals surface area contributed by atoms with Crippen molar-refractivity contribution in [3.05, 3.63) is 59.5 Å². The first-order chi connectivity index (χ1) is 17.6. The van der Waals surface area contributed by atoms with Crippen LogP contribution in [0.3, 0.4) is 0 Å². The smallest absolute Gasteiger partial charge is 0.356 e. The van der Waals surface area contributed by atoms with Gasteiger partial charge < -0.3 is 15.2 Å². The van der Waals surface area contributed by atoms with Gasteiger partial charge in [0.15, 0.2) is 5.69 Å². The molecule has 12 heteroatoms. The summed E-state index contributed by atoms with van der Waals surface area (Å²) in [5.74, 6) is -2.38. The highest BCUT2D eigenvalue weighted by atomic mass is 32.2. The molecule has 1 heterocycles. The number of carbonyl (C=O) groups excluding carboxylic acids is 1. The molecule has 0 aliphatic carbocycles. The first-order valence-corrected chi connectivity index (χ1v) is 13.3. The first-order valence-electron chi connectivity index (χ1n) is 11.8. The molecule has 1 amide bonds. The molecule has 2 aromatic carbocycles. The summed E-state index contributed by atoms with van der Waals surface area (Å²) < 4.78 is 50.4. The van der Waals surface area contributed by atoms with Crippen LogP contribution in [0, 0.1) is 18.7 Å². The number of anilines is 1. The van der Waals surface area contributed by atoms with E-state index in [0.29, 0.717) is 0 Å². The molecule has 0 radical (unpaired) electrons. The lowest BCUT2D eigenvalue weighted by atomic mass is 10.1. The number of carboxylic acids is 1. The summed E-state index contributed by atoms with van der Waals surface area (Å²) in [5.41, 5.74) is -0.686. The largest absolute Gasteiger partial charge is 0.476 e. The Morgan fingerprint density at radius 2 is 1.84 bits per heavy atom. The van der Waals surface area contributed by atoms with Crippen molar-refractivity contribution in [1.29, 1.82) is 0 Å². The molecule has 0 aliphatic heterocycles. The fourth-order valence-electron chi connectivity index (χ4n) is 3.61. The van der Waals surface area contributed by atoms with Crippen molar-refractivity contribution in [2.75, 3.05) is 5.32 Å². The second-order valence-electron chi connectivity index (χ2n) is 10.2. The average Bonchev–Trinajstić information content (AvgIpc) is 3.09. The van der Waals surface area contributed by atoms with Crippen molar-refractivity contribution in [1.82, 2.24) is 14.5 Å². The molecule has 3 N–H and O–H groups in total. The molecule has 3 aromatic rings. The highest BCUT2D eigenvalue weighted by Crippen LogP contribution is 2.36. The molecule has 3 rings (SSSR count). The van der Waals surface area contributed by atoms with Crippen molar-refractivity contribution in [2.45, 2.75) is 58.4 Å². The number of amides is 1. The van der Waals surface area contributed by atoms with Crippen LogP contribution in [-0.2, 0) is 14.8 Å². The number of carbonyl (C=O) groups is 2. The Morgan fingerprint density at radius 1 is 1.16 bits per heavy atom. The number of ether oxygens (including phenoxy) is 1. The number of hydrogen-bond acceptors (Lipinski definition) is 6. The fourth-order valence-corrected chi connectivity index (χ4v) is 5.18. The third-order valence-corrected chi connectivity index (χ3v) is 6.86. The van der Waals surface area contributed by atoms with Gasteiger partial charge in [-0.05, 0) is 70.0 Å². The van der Waals surface area contributed by atoms with Crippen molar-refractivity contribution >= 4 is 27.6 Å². The highest BCUT2D eigenvalue weighted by Gasteiger charge is 2.29. The Balaban J connectivity index is 2.17. The van der Waals surface area contributed by atoms with Gasteiger partial charge in [0.25, 0.3) is 0 Å². The molecule has 0 aliphatic rings. The molecule has 10 nitrogen and oxygen atoms in total. The van der Waals surface area contributed by atoms with Crippen LogP contribution in [0.25, 0.3) is 5.69 Å². The maximum atomic E-state index is 14.0. The van der Waals surface area contributed by atoms with Gasteiger partial charge in [-0.15, -0.1) is 0 Å². The van der Waals surface area contributed by atoms with Gasteiger partial charge in [-0.2, -0.15) is 9.78 Å². The van der Waals surface area contributed by atoms with E-state index in [1.165, 1.54) is 43.3 Å². The van der Waals surface area contributed by atoms with Crippen LogP contribution in [0.15, 0.2) is 47.4 Å². The summed E-state index contributed by atoms with van der Waals surface area (Å²) in [7, 11) is -4.19. The number of nitrogens with one attached hydrogen (secondary N) is 2. The van der Waals surface area contributed by atoms with E-state index in [-0.39, 0.29) is 57.4 Å². The predicted octanol–water partition coefficient (Wildman–Crippen LogP) is 4.87. The minimum Gasteiger partial charge on any atom is -0.476 e. The van der Waals surface area contributed by atoms with Crippen LogP contribution in [-0.4, -0.2) is 40.7 Å². The number of carboxylic acid groups (broad SMARTS) is 1. The Bertz CT molecular complexity index is 1480. The number of nitrogens with zero attached hydrogens (tertiary/aromatic N) is 2. The summed E-state index contributed by atoms with van der Waals surface area (Å²) in [4.78, 5) is 23.8. The Morgan fingerprint density at radius 3 is 2.42 bits per heavy atom. The lowest BCUT2D eigenvalue weighted by molar-refractivity contribution is -0.116. The summed E-state index contributed by atoms with van der Waals surface area (Å²) in [6.07, 6.45) is 0.241. The standard InChI is InChI=1S/C26H31FN4O6S/c1-15(2)12-22(32)28-18-10-11-20(21(14-18)38(35,36)30-26(4,5)6)37-24-16(3)23(25(33)34)29-31(24)19-9-7-8-17(27)13-19/h7-11,13-15,30H,12H2,1-6H3,(H,28,32)(H,33,34). The van der Waals surface area contributed by atoms with Crippen molar-refractivity contribution in [2.24, 2.45) is 5.92 Å². The maximum Gasteiger partial charge on any atom is 0.356 e. The predicted molar refractivity (Wildman–Crippen MR) is 140 cm³/mol. The fraction of sp³-hybridized carbons (Fsp3) is 0.346. The summed E-state index contributed by atoms with van der Waals surface area (Å²) in [5, 5.41) is 16.4. The summed E-state index contributed by atoms with van der Waals surface area (Å²) >= 11 is 0. The molecule has 0 fully saturated rings. The lowest BCUT2D eigenvalue weighted by Crippen LogP contribution is -2.40. The van der Waals surface area contributed by atoms with Crippen LogP contribution < -0.4 is 14.8 Å². The van der Waals surface area contributed by atoms with E-state index >= 15 is 0 Å². The molecular formula is C26H31FN4O6S. The van der Waals surface area contributed by atoms with Gasteiger partial charge in [0.2, 0.25) is 21.8 Å². The third-order valence-electron chi connectivity index (χ3n) is 5.08. The Hall–Kier alpha value is -3.77. The number of rotatable bonds is 9. The van der Waals surface area contributed by atoms with Gasteiger partial charge in [0, 0.05) is 23.2 Å². The van der Waals surface area contributed by atoms with Gasteiger partial charge in [-0.1, -0.05) is 19.9 Å². The minimum absolute atomic E-state index is 0.0953. The van der Waals surface area contributed by atoms with Crippen LogP contribution in [0.2, 0.25) is 0 Å². The maximum absolute atomic E-state index is 14.0. The number of aromatic carboxylic acids is 1. The second-order valence-corrected chi connectivity index (χ2v) is 11.9. The highest BCUT2D eigenvalue weighted by molar-refractivity contribution is 7.89. The number of sulfonamides is 1. The molecule has 38 heavy (non-hydrogen) atoms. The lowest BCUT2D eigenvalue weighted by Gasteiger charge is -2.22. The topological polar surface area (TPSA) is 140 Å². The van der Waals surface area contributed by atoms with Crippen molar-refractivity contribution in [3.8, 4) is 17.3 Å². The van der Waals surface area contributed by atoms with Gasteiger partial charge in [0.1, 0.15) is 16.5 Å². The zero-order chi connectivity index (χ0) is 28.4. The van der Waals surface area contributed by atoms with E-state index in [4.69, 9.17) is 4.74 Å². The molecule has 0 saturated carbocycles. The van der Waals surface area contributed by atoms with Crippen LogP contribution in [0.5, 0.6) is 11.6 Å². The molecular weight excluding hydrogens is 515 g/mol. The number of hydrogen-bond donors (Lipinski definition) is 3. The zero-order valence-corrected chi connectivity index (χ0v) is 22.8. The molecule has 204 valence electrons. The molecule has 0 spiro atoms. The number of aromatic nitrogens is 2. The summed E-state index contributed by atoms with van der Waals surface area (Å²) in [6, 6.07) is 9.36. The average molecular weight is 547 g/mol. The molecule has 0 atom stereocenters. The van der Waals surface area contributed by atoms with E-state index in [1.54, 1.807) is 20.8 Å². The number of benzene rings is 2. The summed E-state index contributed by atoms with van der Waals surface area (Å²) in [6.45, 7) is 10.2. The number of halogens is 1. The van der Waals surface area contributed by atoms with Crippen LogP contribution in [0.4, 0.5) is 10.1 Å². The molecule has 1 aromatic heterocycles. The minimum atomic E-state index is -4.19. The van der Waals surface area contributed by atoms with Crippen LogP contribution >= 0.6 is 0 Å². The van der Waals surface area contributed by atoms with Crippen molar-refractivity contribution < 1.29 is 32.2 Å². The van der Waals surface area contributed by atoms with E-state index in [9.17, 15) is 27.5 Å². The van der Waals surface area contributed by atoms with Gasteiger partial charge in [-0.25, -0.2) is 22.3 Å². The Labute approximate surface area is 220 Å². The Kier molecular flexibility index (Phi) is 8.27. The van der Waals surface area contributed by atoms with Gasteiger partial charge in [-0.3, -0.25) is 4.79 Å². The quantitative estimate of drug-likeness (QED) is 0.348. The third kappa shape index (κ3) is 6.95. The van der Waals surface area contributed by atoms with E-state index < -0.39 is 27.3 Å². The zero-order valence-electron chi connectivity index (χ0n) is 22.0. The SMILES string of the molecule is Cc1c(C(=O)O)nn(-c2cccc(F)c2)c1Oc1ccc(NC(=O)CC(C)C)cc1S(=O)(=O)NC(C)(C)C. The normalized spacial score (nSPS) is 12.0. The first kappa shape index (κ1) is 28.8. The molecule has 0 bridgehead atoms. The van der Waals surface area contributed by atoms with Crippen LogP contribution in [0.1, 0.15) is 57.1 Å². The van der Waals surface area contributed by atoms with E-state index in [1.807, 2.05) is 13.8 Å². The van der Waals surface area contributed by atoms with Crippen molar-refractivity contribution in [3.63, 3.8) is 0 Å². The van der Waals surface area contributed by atoms with E-state index in [2.05, 4.69) is 15.1 Å². The monoisotopic (exact) mass is 546 g/mol. The van der Waals surface area contributed by atoms with E-state index in [0.717, 1.165) is 10.7 Å².